The number of hydrogen-bond donors (Lipinski definition) is 0. The van der Waals surface area contributed by atoms with E-state index in [1.54, 1.807) is 0 Å². The van der Waals surface area contributed by atoms with Crippen LogP contribution in [0.4, 0.5) is 5.82 Å². The second-order valence-corrected chi connectivity index (χ2v) is 2.41. The quantitative estimate of drug-likeness (QED) is 0.421. The normalized spacial score (nSPS) is 10.1. The molecule has 72 valence electrons. The molecular weight excluding hydrogens is 202 g/mol. The molecule has 5 nitrogen and oxygen atoms in total. The van der Waals surface area contributed by atoms with Gasteiger partial charge in [-0.2, -0.15) is 0 Å². The first-order valence-corrected chi connectivity index (χ1v) is 4.14. The highest BCUT2D eigenvalue weighted by Gasteiger charge is 2.12. The summed E-state index contributed by atoms with van der Waals surface area (Å²) in [7, 11) is 1.27. The number of carbonyl (C=O) groups excluding carboxylic acids is 1. The predicted octanol–water partition coefficient (Wildman–Crippen LogP) is 0.965. The number of ether oxygens (including phenoxy) is 1. The highest BCUT2D eigenvalue weighted by atomic mass is 32.1. The Kier molecular flexibility index (Phi) is 3.81. The van der Waals surface area contributed by atoms with Crippen LogP contribution in [0.1, 0.15) is 10.5 Å². The molecule has 0 aliphatic heterocycles. The summed E-state index contributed by atoms with van der Waals surface area (Å²) in [6.07, 6.45) is 4.18. The lowest BCUT2D eigenvalue weighted by Gasteiger charge is -1.99. The molecule has 0 bridgehead atoms. The zero-order chi connectivity index (χ0) is 10.4. The van der Waals surface area contributed by atoms with Crippen molar-refractivity contribution in [3.05, 3.63) is 18.1 Å². The summed E-state index contributed by atoms with van der Waals surface area (Å²) in [5.74, 6) is -0.380. The van der Waals surface area contributed by atoms with Gasteiger partial charge in [0, 0.05) is 24.0 Å². The molecule has 0 spiro atoms. The summed E-state index contributed by atoms with van der Waals surface area (Å²) in [5.41, 5.74) is 0.0723. The maximum atomic E-state index is 11.2. The van der Waals surface area contributed by atoms with E-state index in [9.17, 15) is 4.79 Å². The van der Waals surface area contributed by atoms with E-state index < -0.39 is 5.97 Å². The fourth-order valence-corrected chi connectivity index (χ4v) is 0.828. The first-order valence-electron chi connectivity index (χ1n) is 3.66. The molecule has 6 heteroatoms. The molecule has 0 saturated carbocycles. The van der Waals surface area contributed by atoms with E-state index in [1.165, 1.54) is 31.1 Å². The average Bonchev–Trinajstić information content (AvgIpc) is 2.25. The second kappa shape index (κ2) is 5.13. The minimum absolute atomic E-state index is 0.0723. The second-order valence-electron chi connectivity index (χ2n) is 2.13. The van der Waals surface area contributed by atoms with Crippen LogP contribution in [-0.2, 0) is 4.74 Å². The largest absolute Gasteiger partial charge is 0.464 e. The Labute approximate surface area is 85.9 Å². The number of rotatable bonds is 3. The Balaban J connectivity index is 3.08. The SMILES string of the molecule is COC(=O)c1nccnc1N=CC=S. The lowest BCUT2D eigenvalue weighted by Crippen LogP contribution is -2.05. The van der Waals surface area contributed by atoms with Crippen molar-refractivity contribution in [3.8, 4) is 0 Å². The third-order valence-corrected chi connectivity index (χ3v) is 1.44. The van der Waals surface area contributed by atoms with E-state index in [0.717, 1.165) is 0 Å². The predicted molar refractivity (Wildman–Crippen MR) is 55.2 cm³/mol. The van der Waals surface area contributed by atoms with E-state index in [0.29, 0.717) is 0 Å². The van der Waals surface area contributed by atoms with Gasteiger partial charge < -0.3 is 4.74 Å². The zero-order valence-corrected chi connectivity index (χ0v) is 8.19. The van der Waals surface area contributed by atoms with Gasteiger partial charge in [0.25, 0.3) is 0 Å². The van der Waals surface area contributed by atoms with Crippen LogP contribution in [0.15, 0.2) is 17.4 Å². The molecule has 0 aliphatic carbocycles. The molecular formula is C8H7N3O2S. The zero-order valence-electron chi connectivity index (χ0n) is 7.38. The molecule has 0 aliphatic rings. The Morgan fingerprint density at radius 1 is 1.57 bits per heavy atom. The molecule has 0 atom stereocenters. The molecule has 0 radical (unpaired) electrons. The van der Waals surface area contributed by atoms with Gasteiger partial charge in [-0.15, -0.1) is 0 Å². The monoisotopic (exact) mass is 209 g/mol. The van der Waals surface area contributed by atoms with Crippen LogP contribution in [0.5, 0.6) is 0 Å². The van der Waals surface area contributed by atoms with E-state index >= 15 is 0 Å². The van der Waals surface area contributed by atoms with Crippen LogP contribution in [-0.4, -0.2) is 34.6 Å². The van der Waals surface area contributed by atoms with E-state index in [2.05, 4.69) is 31.9 Å². The number of carbonyl (C=O) groups is 1. The van der Waals surface area contributed by atoms with E-state index in [4.69, 9.17) is 0 Å². The van der Waals surface area contributed by atoms with Crippen molar-refractivity contribution in [1.29, 1.82) is 0 Å². The van der Waals surface area contributed by atoms with Crippen LogP contribution in [0, 0.1) is 0 Å². The number of hydrogen-bond acceptors (Lipinski definition) is 6. The summed E-state index contributed by atoms with van der Waals surface area (Å²) < 4.78 is 4.51. The Bertz CT molecular complexity index is 379. The minimum atomic E-state index is -0.574. The first-order chi connectivity index (χ1) is 6.79. The summed E-state index contributed by atoms with van der Waals surface area (Å²) in [6, 6.07) is 0. The molecule has 14 heavy (non-hydrogen) atoms. The Morgan fingerprint density at radius 2 is 2.29 bits per heavy atom. The van der Waals surface area contributed by atoms with Gasteiger partial charge in [0.15, 0.2) is 11.5 Å². The molecule has 0 fully saturated rings. The van der Waals surface area contributed by atoms with Gasteiger partial charge in [-0.1, -0.05) is 12.2 Å². The van der Waals surface area contributed by atoms with Crippen molar-refractivity contribution in [1.82, 2.24) is 9.97 Å². The number of methoxy groups -OCH3 is 1. The fraction of sp³-hybridized carbons (Fsp3) is 0.125. The average molecular weight is 209 g/mol. The smallest absolute Gasteiger partial charge is 0.360 e. The lowest BCUT2D eigenvalue weighted by molar-refractivity contribution is 0.0594. The molecule has 1 aromatic rings. The lowest BCUT2D eigenvalue weighted by atomic mass is 10.4. The van der Waals surface area contributed by atoms with Crippen molar-refractivity contribution < 1.29 is 9.53 Å². The fourth-order valence-electron chi connectivity index (χ4n) is 0.767. The van der Waals surface area contributed by atoms with Crippen LogP contribution in [0.2, 0.25) is 0 Å². The van der Waals surface area contributed by atoms with Crippen molar-refractivity contribution in [2.45, 2.75) is 0 Å². The Hall–Kier alpha value is -1.69. The number of aromatic nitrogens is 2. The van der Waals surface area contributed by atoms with Crippen molar-refractivity contribution >= 4 is 35.6 Å². The van der Waals surface area contributed by atoms with Crippen molar-refractivity contribution in [2.24, 2.45) is 4.99 Å². The molecule has 0 saturated heterocycles. The van der Waals surface area contributed by atoms with Gasteiger partial charge in [0.1, 0.15) is 0 Å². The molecule has 0 N–H and O–H groups in total. The number of aliphatic imine (C=N–C) groups is 1. The standard InChI is InChI=1S/C8H7N3O2S/c1-13-8(12)6-7(11-4-5-14)10-3-2-9-6/h2-5H,1H3. The summed E-state index contributed by atoms with van der Waals surface area (Å²) in [4.78, 5) is 22.7. The molecule has 0 amide bonds. The maximum absolute atomic E-state index is 11.2. The van der Waals surface area contributed by atoms with Gasteiger partial charge >= 0.3 is 5.97 Å². The molecule has 1 rings (SSSR count). The van der Waals surface area contributed by atoms with Crippen LogP contribution in [0.25, 0.3) is 0 Å². The molecule has 0 aromatic carbocycles. The van der Waals surface area contributed by atoms with E-state index in [1.807, 2.05) is 0 Å². The van der Waals surface area contributed by atoms with Crippen molar-refractivity contribution in [2.75, 3.05) is 7.11 Å². The third-order valence-electron chi connectivity index (χ3n) is 1.32. The van der Waals surface area contributed by atoms with Crippen LogP contribution in [0.3, 0.4) is 0 Å². The number of esters is 1. The highest BCUT2D eigenvalue weighted by molar-refractivity contribution is 7.80. The molecule has 1 aromatic heterocycles. The van der Waals surface area contributed by atoms with E-state index in [-0.39, 0.29) is 11.5 Å². The van der Waals surface area contributed by atoms with Crippen LogP contribution >= 0.6 is 12.2 Å². The highest BCUT2D eigenvalue weighted by Crippen LogP contribution is 2.12. The van der Waals surface area contributed by atoms with Gasteiger partial charge in [-0.25, -0.2) is 19.8 Å². The Morgan fingerprint density at radius 3 is 2.93 bits per heavy atom. The van der Waals surface area contributed by atoms with Gasteiger partial charge in [-0.3, -0.25) is 0 Å². The van der Waals surface area contributed by atoms with Gasteiger partial charge in [-0.05, 0) is 0 Å². The van der Waals surface area contributed by atoms with Crippen LogP contribution < -0.4 is 0 Å². The topological polar surface area (TPSA) is 64.4 Å². The molecule has 1 heterocycles. The maximum Gasteiger partial charge on any atom is 0.360 e. The number of nitrogens with zero attached hydrogens (tertiary/aromatic N) is 3. The number of thiocarbonyl (C=S) groups is 1. The summed E-state index contributed by atoms with van der Waals surface area (Å²) >= 11 is 4.55. The van der Waals surface area contributed by atoms with Crippen molar-refractivity contribution in [3.63, 3.8) is 0 Å². The summed E-state index contributed by atoms with van der Waals surface area (Å²) in [5, 5.41) is 1.32. The minimum Gasteiger partial charge on any atom is -0.464 e. The van der Waals surface area contributed by atoms with Gasteiger partial charge in [0.05, 0.1) is 7.11 Å². The summed E-state index contributed by atoms with van der Waals surface area (Å²) in [6.45, 7) is 0. The first kappa shape index (κ1) is 10.4. The van der Waals surface area contributed by atoms with Gasteiger partial charge in [0.2, 0.25) is 0 Å². The molecule has 0 unspecified atom stereocenters. The third kappa shape index (κ3) is 2.40.